The van der Waals surface area contributed by atoms with E-state index in [1.165, 1.54) is 5.04 Å². The van der Waals surface area contributed by atoms with Gasteiger partial charge in [-0.05, 0) is 12.8 Å². The van der Waals surface area contributed by atoms with Crippen molar-refractivity contribution in [2.75, 3.05) is 25.4 Å². The van der Waals surface area contributed by atoms with E-state index >= 15 is 0 Å². The lowest BCUT2D eigenvalue weighted by Gasteiger charge is -2.21. The van der Waals surface area contributed by atoms with Gasteiger partial charge in [0.2, 0.25) is 0 Å². The second-order valence-electron chi connectivity index (χ2n) is 3.72. The topological polar surface area (TPSA) is 34.0 Å². The lowest BCUT2D eigenvalue weighted by molar-refractivity contribution is 0.268. The molecule has 2 aliphatic heterocycles. The molecule has 1 atom stereocenters. The van der Waals surface area contributed by atoms with E-state index < -0.39 is 0 Å². The molecule has 0 amide bonds. The number of ether oxygens (including phenoxy) is 1. The minimum absolute atomic E-state index is 0.626. The van der Waals surface area contributed by atoms with Crippen LogP contribution in [-0.2, 0) is 4.74 Å². The highest BCUT2D eigenvalue weighted by atomic mass is 32.2. The fraction of sp³-hybridized carbons (Fsp3) is 0.800. The van der Waals surface area contributed by atoms with Crippen molar-refractivity contribution in [1.82, 2.24) is 0 Å². The molecule has 0 N–H and O–H groups in total. The second-order valence-corrected chi connectivity index (χ2v) is 4.93. The summed E-state index contributed by atoms with van der Waals surface area (Å²) in [5, 5.41) is 1.22. The fourth-order valence-electron chi connectivity index (χ4n) is 1.59. The minimum Gasteiger partial charge on any atom is -0.481 e. The summed E-state index contributed by atoms with van der Waals surface area (Å²) >= 11 is 1.85. The van der Waals surface area contributed by atoms with Gasteiger partial charge >= 0.3 is 0 Å². The average molecular weight is 212 g/mol. The second kappa shape index (κ2) is 4.82. The van der Waals surface area contributed by atoms with Crippen molar-refractivity contribution in [3.05, 3.63) is 0 Å². The molecule has 0 radical (unpaired) electrons. The molecule has 0 aliphatic carbocycles. The normalized spacial score (nSPS) is 27.6. The lowest BCUT2D eigenvalue weighted by atomic mass is 10.1. The van der Waals surface area contributed by atoms with Crippen LogP contribution in [0.15, 0.2) is 9.98 Å². The van der Waals surface area contributed by atoms with E-state index in [0.717, 1.165) is 44.2 Å². The lowest BCUT2D eigenvalue weighted by Crippen LogP contribution is -2.22. The minimum atomic E-state index is 0.626. The Hall–Kier alpha value is -0.510. The van der Waals surface area contributed by atoms with Gasteiger partial charge < -0.3 is 4.74 Å². The zero-order valence-corrected chi connectivity index (χ0v) is 9.35. The van der Waals surface area contributed by atoms with Crippen molar-refractivity contribution < 1.29 is 4.74 Å². The van der Waals surface area contributed by atoms with Gasteiger partial charge in [-0.1, -0.05) is 0 Å². The Labute approximate surface area is 89.0 Å². The maximum Gasteiger partial charge on any atom is 0.183 e. The molecule has 0 spiro atoms. The fourth-order valence-corrected chi connectivity index (χ4v) is 2.46. The van der Waals surface area contributed by atoms with E-state index in [9.17, 15) is 0 Å². The third-order valence-electron chi connectivity index (χ3n) is 2.42. The van der Waals surface area contributed by atoms with E-state index in [2.05, 4.69) is 16.9 Å². The van der Waals surface area contributed by atoms with E-state index in [0.29, 0.717) is 5.92 Å². The molecule has 0 aromatic heterocycles. The van der Waals surface area contributed by atoms with Crippen molar-refractivity contribution in [2.24, 2.45) is 15.9 Å². The third kappa shape index (κ3) is 2.74. The number of nitrogens with zero attached hydrogens (tertiary/aromatic N) is 2. The van der Waals surface area contributed by atoms with E-state index in [1.807, 2.05) is 11.8 Å². The Bertz CT molecular complexity index is 263. The SMILES string of the molecule is CC1=NCC(CC2=NCCCO2)CS1. The molecule has 1 unspecified atom stereocenters. The number of aliphatic imine (C=N–C) groups is 2. The van der Waals surface area contributed by atoms with Crippen molar-refractivity contribution >= 4 is 22.7 Å². The van der Waals surface area contributed by atoms with Gasteiger partial charge in [0.05, 0.1) is 11.7 Å². The molecule has 14 heavy (non-hydrogen) atoms. The van der Waals surface area contributed by atoms with Crippen LogP contribution in [0.3, 0.4) is 0 Å². The van der Waals surface area contributed by atoms with Crippen LogP contribution in [0.2, 0.25) is 0 Å². The van der Waals surface area contributed by atoms with Gasteiger partial charge in [0.25, 0.3) is 0 Å². The Kier molecular flexibility index (Phi) is 3.45. The van der Waals surface area contributed by atoms with E-state index in [-0.39, 0.29) is 0 Å². The summed E-state index contributed by atoms with van der Waals surface area (Å²) in [4.78, 5) is 8.83. The molecule has 2 heterocycles. The van der Waals surface area contributed by atoms with Gasteiger partial charge in [-0.25, -0.2) is 0 Å². The van der Waals surface area contributed by atoms with Crippen molar-refractivity contribution in [2.45, 2.75) is 19.8 Å². The number of thioether (sulfide) groups is 1. The Morgan fingerprint density at radius 2 is 2.43 bits per heavy atom. The largest absolute Gasteiger partial charge is 0.481 e. The van der Waals surface area contributed by atoms with Crippen LogP contribution in [0.1, 0.15) is 19.8 Å². The van der Waals surface area contributed by atoms with Gasteiger partial charge in [0, 0.05) is 31.7 Å². The van der Waals surface area contributed by atoms with E-state index in [1.54, 1.807) is 0 Å². The van der Waals surface area contributed by atoms with Crippen LogP contribution in [0, 0.1) is 5.92 Å². The highest BCUT2D eigenvalue weighted by Crippen LogP contribution is 2.21. The highest BCUT2D eigenvalue weighted by Gasteiger charge is 2.18. The maximum atomic E-state index is 5.50. The standard InChI is InChI=1S/C10H16N2OS/c1-8-12-6-9(7-14-8)5-10-11-3-2-4-13-10/h9H,2-7H2,1H3. The van der Waals surface area contributed by atoms with Gasteiger partial charge in [0.1, 0.15) is 0 Å². The monoisotopic (exact) mass is 212 g/mol. The summed E-state index contributed by atoms with van der Waals surface area (Å²) in [5.41, 5.74) is 0. The first-order valence-corrected chi connectivity index (χ1v) is 6.13. The van der Waals surface area contributed by atoms with E-state index in [4.69, 9.17) is 4.74 Å². The summed E-state index contributed by atoms with van der Waals surface area (Å²) in [5.74, 6) is 2.75. The highest BCUT2D eigenvalue weighted by molar-refractivity contribution is 8.13. The molecule has 3 nitrogen and oxygen atoms in total. The maximum absolute atomic E-state index is 5.50. The van der Waals surface area contributed by atoms with Gasteiger partial charge in [-0.15, -0.1) is 11.8 Å². The van der Waals surface area contributed by atoms with Crippen LogP contribution in [-0.4, -0.2) is 36.4 Å². The first-order valence-electron chi connectivity index (χ1n) is 5.14. The Morgan fingerprint density at radius 3 is 3.07 bits per heavy atom. The molecule has 2 rings (SSSR count). The third-order valence-corrected chi connectivity index (χ3v) is 3.61. The zero-order chi connectivity index (χ0) is 9.80. The van der Waals surface area contributed by atoms with Crippen molar-refractivity contribution in [1.29, 1.82) is 0 Å². The molecule has 0 aromatic carbocycles. The van der Waals surface area contributed by atoms with Crippen molar-refractivity contribution in [3.63, 3.8) is 0 Å². The molecule has 0 bridgehead atoms. The Morgan fingerprint density at radius 1 is 1.50 bits per heavy atom. The van der Waals surface area contributed by atoms with Crippen LogP contribution in [0.4, 0.5) is 0 Å². The molecule has 0 saturated carbocycles. The average Bonchev–Trinajstić information content (AvgIpc) is 2.23. The van der Waals surface area contributed by atoms with Crippen LogP contribution >= 0.6 is 11.8 Å². The Balaban J connectivity index is 1.83. The number of hydrogen-bond acceptors (Lipinski definition) is 4. The van der Waals surface area contributed by atoms with Crippen LogP contribution in [0.5, 0.6) is 0 Å². The number of rotatable bonds is 2. The van der Waals surface area contributed by atoms with Crippen molar-refractivity contribution in [3.8, 4) is 0 Å². The first-order chi connectivity index (χ1) is 6.84. The van der Waals surface area contributed by atoms with Gasteiger partial charge in [-0.3, -0.25) is 9.98 Å². The summed E-state index contributed by atoms with van der Waals surface area (Å²) in [7, 11) is 0. The smallest absolute Gasteiger partial charge is 0.183 e. The molecular formula is C10H16N2OS. The molecule has 0 aromatic rings. The quantitative estimate of drug-likeness (QED) is 0.701. The molecule has 0 saturated heterocycles. The predicted molar refractivity (Wildman–Crippen MR) is 61.4 cm³/mol. The van der Waals surface area contributed by atoms with Gasteiger partial charge in [-0.2, -0.15) is 0 Å². The summed E-state index contributed by atoms with van der Waals surface area (Å²) < 4.78 is 5.50. The summed E-state index contributed by atoms with van der Waals surface area (Å²) in [6.07, 6.45) is 2.05. The van der Waals surface area contributed by atoms with Crippen LogP contribution < -0.4 is 0 Å². The predicted octanol–water partition coefficient (Wildman–Crippen LogP) is 1.98. The molecular weight excluding hydrogens is 196 g/mol. The number of hydrogen-bond donors (Lipinski definition) is 0. The molecule has 2 aliphatic rings. The van der Waals surface area contributed by atoms with Crippen LogP contribution in [0.25, 0.3) is 0 Å². The molecule has 4 heteroatoms. The molecule has 0 fully saturated rings. The van der Waals surface area contributed by atoms with Gasteiger partial charge in [0.15, 0.2) is 5.90 Å². The summed E-state index contributed by atoms with van der Waals surface area (Å²) in [6, 6.07) is 0. The summed E-state index contributed by atoms with van der Waals surface area (Å²) in [6.45, 7) is 4.81. The zero-order valence-electron chi connectivity index (χ0n) is 8.53. The molecule has 78 valence electrons. The first kappa shape index (κ1) is 10.0.